The molecule has 2 fully saturated rings. The first-order chi connectivity index (χ1) is 12.1. The Labute approximate surface area is 148 Å². The number of nitrogens with zero attached hydrogens (tertiary/aromatic N) is 2. The molecule has 2 atom stereocenters. The standard InChI is InChI=1S/C21H25FN2O/c1-15-5-10-20(23-11-15)21(25)17-3-2-4-18(21)14-24(13-17)12-16-6-8-19(22)9-7-16/h5-11,17-18,25H,2-4,12-14H2,1H3/t17-,18-/m1/s1. The number of benzene rings is 1. The van der Waals surface area contributed by atoms with Crippen molar-refractivity contribution in [3.8, 4) is 0 Å². The van der Waals surface area contributed by atoms with Gasteiger partial charge in [0.25, 0.3) is 0 Å². The van der Waals surface area contributed by atoms with Crippen LogP contribution in [-0.4, -0.2) is 28.1 Å². The SMILES string of the molecule is Cc1ccc(C2(O)[C@@H]3CCC[C@@H]2CN(Cc2ccc(F)cc2)C3)nc1. The molecule has 1 N–H and O–H groups in total. The summed E-state index contributed by atoms with van der Waals surface area (Å²) in [6.07, 6.45) is 5.09. The van der Waals surface area contributed by atoms with Crippen molar-refractivity contribution in [2.45, 2.75) is 38.3 Å². The second-order valence-electron chi connectivity index (χ2n) is 7.69. The lowest BCUT2D eigenvalue weighted by molar-refractivity contribution is -0.151. The molecule has 0 amide bonds. The number of aliphatic hydroxyl groups is 1. The van der Waals surface area contributed by atoms with E-state index in [0.29, 0.717) is 0 Å². The summed E-state index contributed by atoms with van der Waals surface area (Å²) in [6, 6.07) is 10.8. The predicted molar refractivity (Wildman–Crippen MR) is 95.4 cm³/mol. The van der Waals surface area contributed by atoms with E-state index in [1.54, 1.807) is 0 Å². The number of likely N-dealkylation sites (tertiary alicyclic amines) is 1. The van der Waals surface area contributed by atoms with Gasteiger partial charge in [0.2, 0.25) is 0 Å². The van der Waals surface area contributed by atoms with E-state index in [9.17, 15) is 9.50 Å². The minimum atomic E-state index is -0.814. The number of rotatable bonds is 3. The lowest BCUT2D eigenvalue weighted by Gasteiger charge is -2.52. The zero-order valence-electron chi connectivity index (χ0n) is 14.7. The Bertz CT molecular complexity index is 715. The topological polar surface area (TPSA) is 36.4 Å². The molecule has 1 saturated carbocycles. The van der Waals surface area contributed by atoms with Crippen molar-refractivity contribution < 1.29 is 9.50 Å². The highest BCUT2D eigenvalue weighted by atomic mass is 19.1. The molecule has 2 heterocycles. The molecule has 2 bridgehead atoms. The van der Waals surface area contributed by atoms with E-state index >= 15 is 0 Å². The molecule has 2 aromatic rings. The van der Waals surface area contributed by atoms with Crippen LogP contribution in [0.5, 0.6) is 0 Å². The molecule has 1 aromatic carbocycles. The van der Waals surface area contributed by atoms with Crippen LogP contribution in [0, 0.1) is 24.6 Å². The molecule has 1 aliphatic heterocycles. The normalized spacial score (nSPS) is 29.6. The summed E-state index contributed by atoms with van der Waals surface area (Å²) < 4.78 is 13.1. The molecular weight excluding hydrogens is 315 g/mol. The van der Waals surface area contributed by atoms with Gasteiger partial charge in [0, 0.05) is 37.7 Å². The fraction of sp³-hybridized carbons (Fsp3) is 0.476. The van der Waals surface area contributed by atoms with Crippen molar-refractivity contribution in [1.82, 2.24) is 9.88 Å². The van der Waals surface area contributed by atoms with Crippen LogP contribution in [0.2, 0.25) is 0 Å². The smallest absolute Gasteiger partial charge is 0.123 e. The molecule has 3 nitrogen and oxygen atoms in total. The Hall–Kier alpha value is -1.78. The van der Waals surface area contributed by atoms with Gasteiger partial charge in [-0.1, -0.05) is 24.6 Å². The van der Waals surface area contributed by atoms with Gasteiger partial charge in [0.05, 0.1) is 5.69 Å². The Morgan fingerprint density at radius 3 is 2.40 bits per heavy atom. The molecule has 0 unspecified atom stereocenters. The van der Waals surface area contributed by atoms with Gasteiger partial charge in [-0.2, -0.15) is 0 Å². The van der Waals surface area contributed by atoms with Crippen molar-refractivity contribution in [3.63, 3.8) is 0 Å². The molecule has 132 valence electrons. The van der Waals surface area contributed by atoms with Crippen molar-refractivity contribution in [2.24, 2.45) is 11.8 Å². The highest BCUT2D eigenvalue weighted by Crippen LogP contribution is 2.48. The van der Waals surface area contributed by atoms with Gasteiger partial charge < -0.3 is 5.11 Å². The Balaban J connectivity index is 1.56. The third kappa shape index (κ3) is 3.09. The number of halogens is 1. The van der Waals surface area contributed by atoms with Crippen LogP contribution in [0.25, 0.3) is 0 Å². The summed E-state index contributed by atoms with van der Waals surface area (Å²) in [6.45, 7) is 4.55. The number of piperidine rings is 1. The first-order valence-electron chi connectivity index (χ1n) is 9.18. The highest BCUT2D eigenvalue weighted by Gasteiger charge is 2.52. The molecule has 0 radical (unpaired) electrons. The van der Waals surface area contributed by atoms with Crippen LogP contribution < -0.4 is 0 Å². The van der Waals surface area contributed by atoms with Gasteiger partial charge in [0.15, 0.2) is 0 Å². The number of hydrogen-bond donors (Lipinski definition) is 1. The van der Waals surface area contributed by atoms with Crippen LogP contribution in [0.1, 0.15) is 36.1 Å². The Kier molecular flexibility index (Phi) is 4.34. The van der Waals surface area contributed by atoms with Gasteiger partial charge in [-0.05, 0) is 49.1 Å². The van der Waals surface area contributed by atoms with E-state index in [1.165, 1.54) is 18.6 Å². The zero-order chi connectivity index (χ0) is 17.4. The summed E-state index contributed by atoms with van der Waals surface area (Å²) in [7, 11) is 0. The number of fused-ring (bicyclic) bond motifs is 2. The zero-order valence-corrected chi connectivity index (χ0v) is 14.7. The van der Waals surface area contributed by atoms with Crippen molar-refractivity contribution in [1.29, 1.82) is 0 Å². The van der Waals surface area contributed by atoms with E-state index in [1.807, 2.05) is 37.4 Å². The fourth-order valence-corrected chi connectivity index (χ4v) is 4.64. The number of aryl methyl sites for hydroxylation is 1. The largest absolute Gasteiger partial charge is 0.383 e. The van der Waals surface area contributed by atoms with Gasteiger partial charge in [-0.3, -0.25) is 9.88 Å². The van der Waals surface area contributed by atoms with Crippen molar-refractivity contribution >= 4 is 0 Å². The van der Waals surface area contributed by atoms with E-state index in [2.05, 4.69) is 9.88 Å². The molecule has 4 rings (SSSR count). The average molecular weight is 340 g/mol. The quantitative estimate of drug-likeness (QED) is 0.926. The van der Waals surface area contributed by atoms with E-state index < -0.39 is 5.60 Å². The summed E-state index contributed by atoms with van der Waals surface area (Å²) in [5.74, 6) is 0.213. The van der Waals surface area contributed by atoms with Crippen LogP contribution in [0.4, 0.5) is 4.39 Å². The van der Waals surface area contributed by atoms with Crippen LogP contribution in [-0.2, 0) is 12.1 Å². The Morgan fingerprint density at radius 1 is 1.12 bits per heavy atom. The molecule has 4 heteroatoms. The minimum absolute atomic E-state index is 0.195. The molecule has 1 aliphatic carbocycles. The minimum Gasteiger partial charge on any atom is -0.383 e. The molecule has 1 saturated heterocycles. The van der Waals surface area contributed by atoms with Gasteiger partial charge in [0.1, 0.15) is 11.4 Å². The van der Waals surface area contributed by atoms with E-state index in [-0.39, 0.29) is 17.7 Å². The van der Waals surface area contributed by atoms with E-state index in [4.69, 9.17) is 0 Å². The second kappa shape index (κ2) is 6.50. The maximum atomic E-state index is 13.1. The maximum absolute atomic E-state index is 13.1. The van der Waals surface area contributed by atoms with Gasteiger partial charge >= 0.3 is 0 Å². The Morgan fingerprint density at radius 2 is 1.80 bits per heavy atom. The summed E-state index contributed by atoms with van der Waals surface area (Å²) in [5.41, 5.74) is 2.25. The van der Waals surface area contributed by atoms with Crippen LogP contribution in [0.3, 0.4) is 0 Å². The summed E-state index contributed by atoms with van der Waals surface area (Å²) in [5, 5.41) is 11.6. The lowest BCUT2D eigenvalue weighted by atomic mass is 9.64. The predicted octanol–water partition coefficient (Wildman–Crippen LogP) is 3.65. The van der Waals surface area contributed by atoms with E-state index in [0.717, 1.165) is 49.3 Å². The highest BCUT2D eigenvalue weighted by molar-refractivity contribution is 5.23. The molecule has 1 aromatic heterocycles. The monoisotopic (exact) mass is 340 g/mol. The first kappa shape index (κ1) is 16.7. The van der Waals surface area contributed by atoms with Gasteiger partial charge in [-0.25, -0.2) is 4.39 Å². The van der Waals surface area contributed by atoms with Crippen molar-refractivity contribution in [2.75, 3.05) is 13.1 Å². The van der Waals surface area contributed by atoms with Gasteiger partial charge in [-0.15, -0.1) is 0 Å². The maximum Gasteiger partial charge on any atom is 0.123 e. The number of aromatic nitrogens is 1. The molecule has 25 heavy (non-hydrogen) atoms. The summed E-state index contributed by atoms with van der Waals surface area (Å²) in [4.78, 5) is 6.97. The summed E-state index contributed by atoms with van der Waals surface area (Å²) >= 11 is 0. The third-order valence-electron chi connectivity index (χ3n) is 5.95. The van der Waals surface area contributed by atoms with Crippen LogP contribution >= 0.6 is 0 Å². The number of hydrogen-bond acceptors (Lipinski definition) is 3. The fourth-order valence-electron chi connectivity index (χ4n) is 4.64. The first-order valence-corrected chi connectivity index (χ1v) is 9.18. The second-order valence-corrected chi connectivity index (χ2v) is 7.69. The molecule has 2 aliphatic rings. The number of pyridine rings is 1. The third-order valence-corrected chi connectivity index (χ3v) is 5.95. The molecular formula is C21H25FN2O. The van der Waals surface area contributed by atoms with Crippen LogP contribution in [0.15, 0.2) is 42.6 Å². The molecule has 0 spiro atoms. The van der Waals surface area contributed by atoms with Crippen molar-refractivity contribution in [3.05, 3.63) is 65.2 Å². The lowest BCUT2D eigenvalue weighted by Crippen LogP contribution is -2.58. The average Bonchev–Trinajstić information content (AvgIpc) is 2.58.